The lowest BCUT2D eigenvalue weighted by Crippen LogP contribution is -2.50. The maximum atomic E-state index is 12.6. The largest absolute Gasteiger partial charge is 0.495 e. The quantitative estimate of drug-likeness (QED) is 0.581. The second-order valence-corrected chi connectivity index (χ2v) is 10.6. The summed E-state index contributed by atoms with van der Waals surface area (Å²) in [7, 11) is -0.950. The number of amides is 2. The Morgan fingerprint density at radius 3 is 2.39 bits per heavy atom. The van der Waals surface area contributed by atoms with Crippen molar-refractivity contribution in [1.82, 2.24) is 14.5 Å². The minimum absolute atomic E-state index is 0.0162. The smallest absolute Gasteiger partial charge is 0.246 e. The zero-order chi connectivity index (χ0) is 23.8. The van der Waals surface area contributed by atoms with Crippen LogP contribution in [0.2, 0.25) is 0 Å². The third kappa shape index (κ3) is 6.80. The number of nitrogens with zero attached hydrogens (tertiary/aromatic N) is 2. The number of ether oxygens (including phenoxy) is 1. The number of hydrogen-bond donors (Lipinski definition) is 1. The molecule has 2 fully saturated rings. The van der Waals surface area contributed by atoms with Crippen LogP contribution < -0.4 is 9.46 Å². The summed E-state index contributed by atoms with van der Waals surface area (Å²) < 4.78 is 31.9. The number of carbonyl (C=O) groups is 2. The molecule has 1 aromatic carbocycles. The lowest BCUT2D eigenvalue weighted by Gasteiger charge is -2.34. The molecule has 0 spiro atoms. The van der Waals surface area contributed by atoms with E-state index in [-0.39, 0.29) is 22.5 Å². The van der Waals surface area contributed by atoms with E-state index in [2.05, 4.69) is 4.72 Å². The van der Waals surface area contributed by atoms with Gasteiger partial charge >= 0.3 is 0 Å². The first-order valence-electron chi connectivity index (χ1n) is 11.7. The van der Waals surface area contributed by atoms with Crippen LogP contribution in [0.1, 0.15) is 50.5 Å². The van der Waals surface area contributed by atoms with E-state index in [1.165, 1.54) is 58.4 Å². The number of piperazine rings is 1. The van der Waals surface area contributed by atoms with E-state index in [9.17, 15) is 18.0 Å². The predicted molar refractivity (Wildman–Crippen MR) is 127 cm³/mol. The van der Waals surface area contributed by atoms with Gasteiger partial charge in [-0.15, -0.1) is 0 Å². The molecule has 1 aliphatic heterocycles. The molecule has 1 saturated heterocycles. The number of hydrogen-bond acceptors (Lipinski definition) is 5. The summed E-state index contributed by atoms with van der Waals surface area (Å²) in [5.41, 5.74) is 0.578. The standard InChI is InChI=1S/C24H35N3O5S/c1-25-33(30,31)22-18-20(8-11-21(22)32-2)10-13-24(29)27-16-14-26(15-17-27)23(28)12-9-19-6-4-3-5-7-19/h8,10-11,13,18-19,25H,3-7,9,12,14-17H2,1-2H3. The van der Waals surface area contributed by atoms with E-state index in [1.807, 2.05) is 4.90 Å². The summed E-state index contributed by atoms with van der Waals surface area (Å²) >= 11 is 0. The topological polar surface area (TPSA) is 96.0 Å². The SMILES string of the molecule is CNS(=O)(=O)c1cc(C=CC(=O)N2CCN(C(=O)CCC3CCCCC3)CC2)ccc1OC. The Kier molecular flexibility index (Phi) is 8.91. The Morgan fingerprint density at radius 1 is 1.09 bits per heavy atom. The normalized spacial score (nSPS) is 18.0. The van der Waals surface area contributed by atoms with Crippen LogP contribution in [0.4, 0.5) is 0 Å². The third-order valence-electron chi connectivity index (χ3n) is 6.60. The van der Waals surface area contributed by atoms with E-state index >= 15 is 0 Å². The molecule has 0 bridgehead atoms. The molecular weight excluding hydrogens is 442 g/mol. The van der Waals surface area contributed by atoms with Crippen LogP contribution in [0.25, 0.3) is 6.08 Å². The number of carbonyl (C=O) groups excluding carboxylic acids is 2. The van der Waals surface area contributed by atoms with Crippen LogP contribution in [-0.4, -0.2) is 70.4 Å². The first-order valence-corrected chi connectivity index (χ1v) is 13.2. The maximum Gasteiger partial charge on any atom is 0.246 e. The van der Waals surface area contributed by atoms with Crippen LogP contribution >= 0.6 is 0 Å². The van der Waals surface area contributed by atoms with Crippen molar-refractivity contribution in [2.24, 2.45) is 5.92 Å². The molecular formula is C24H35N3O5S. The Bertz CT molecular complexity index is 962. The van der Waals surface area contributed by atoms with Gasteiger partial charge < -0.3 is 14.5 Å². The third-order valence-corrected chi connectivity index (χ3v) is 8.04. The minimum atomic E-state index is -3.69. The highest BCUT2D eigenvalue weighted by Crippen LogP contribution is 2.28. The molecule has 1 aromatic rings. The van der Waals surface area contributed by atoms with Gasteiger partial charge in [0, 0.05) is 38.7 Å². The summed E-state index contributed by atoms with van der Waals surface area (Å²) in [5.74, 6) is 0.965. The lowest BCUT2D eigenvalue weighted by molar-refractivity contribution is -0.137. The Labute approximate surface area is 197 Å². The van der Waals surface area contributed by atoms with E-state index in [4.69, 9.17) is 4.74 Å². The number of nitrogens with one attached hydrogen (secondary N) is 1. The van der Waals surface area contributed by atoms with Crippen LogP contribution in [-0.2, 0) is 19.6 Å². The van der Waals surface area contributed by atoms with Crippen LogP contribution in [0.15, 0.2) is 29.2 Å². The van der Waals surface area contributed by atoms with Crippen molar-refractivity contribution < 1.29 is 22.7 Å². The second kappa shape index (κ2) is 11.7. The van der Waals surface area contributed by atoms with E-state index < -0.39 is 10.0 Å². The summed E-state index contributed by atoms with van der Waals surface area (Å²) in [6, 6.07) is 4.73. The highest BCUT2D eigenvalue weighted by molar-refractivity contribution is 7.89. The van der Waals surface area contributed by atoms with Crippen molar-refractivity contribution >= 4 is 27.9 Å². The first-order chi connectivity index (χ1) is 15.8. The zero-order valence-corrected chi connectivity index (χ0v) is 20.4. The molecule has 8 nitrogen and oxygen atoms in total. The fourth-order valence-corrected chi connectivity index (χ4v) is 5.45. The van der Waals surface area contributed by atoms with Crippen LogP contribution in [0, 0.1) is 5.92 Å². The fourth-order valence-electron chi connectivity index (χ4n) is 4.53. The van der Waals surface area contributed by atoms with Crippen molar-refractivity contribution in [3.63, 3.8) is 0 Å². The number of rotatable bonds is 8. The maximum absolute atomic E-state index is 12.6. The minimum Gasteiger partial charge on any atom is -0.495 e. The Morgan fingerprint density at radius 2 is 1.76 bits per heavy atom. The summed E-state index contributed by atoms with van der Waals surface area (Å²) in [6.45, 7) is 2.10. The van der Waals surface area contributed by atoms with Crippen molar-refractivity contribution in [2.75, 3.05) is 40.3 Å². The average molecular weight is 478 g/mol. The monoisotopic (exact) mass is 477 g/mol. The molecule has 3 rings (SSSR count). The molecule has 182 valence electrons. The van der Waals surface area contributed by atoms with Crippen molar-refractivity contribution in [3.8, 4) is 5.75 Å². The van der Waals surface area contributed by atoms with Crippen molar-refractivity contribution in [1.29, 1.82) is 0 Å². The highest BCUT2D eigenvalue weighted by atomic mass is 32.2. The molecule has 2 amide bonds. The van der Waals surface area contributed by atoms with E-state index in [1.54, 1.807) is 23.1 Å². The van der Waals surface area contributed by atoms with Crippen molar-refractivity contribution in [3.05, 3.63) is 29.8 Å². The molecule has 1 saturated carbocycles. The fraction of sp³-hybridized carbons (Fsp3) is 0.583. The average Bonchev–Trinajstić information content (AvgIpc) is 2.86. The van der Waals surface area contributed by atoms with E-state index in [0.717, 1.165) is 6.42 Å². The molecule has 33 heavy (non-hydrogen) atoms. The molecule has 1 heterocycles. The molecule has 0 aromatic heterocycles. The number of benzene rings is 1. The second-order valence-electron chi connectivity index (χ2n) is 8.70. The van der Waals surface area contributed by atoms with Crippen molar-refractivity contribution in [2.45, 2.75) is 49.8 Å². The van der Waals surface area contributed by atoms with Gasteiger partial charge in [-0.05, 0) is 43.2 Å². The lowest BCUT2D eigenvalue weighted by atomic mass is 9.86. The number of sulfonamides is 1. The van der Waals surface area contributed by atoms with E-state index in [0.29, 0.717) is 44.1 Å². The summed E-state index contributed by atoms with van der Waals surface area (Å²) in [5, 5.41) is 0. The highest BCUT2D eigenvalue weighted by Gasteiger charge is 2.24. The zero-order valence-electron chi connectivity index (χ0n) is 19.6. The number of methoxy groups -OCH3 is 1. The van der Waals surface area contributed by atoms with Gasteiger partial charge in [0.15, 0.2) is 0 Å². The molecule has 1 N–H and O–H groups in total. The van der Waals surface area contributed by atoms with Gasteiger partial charge in [-0.25, -0.2) is 13.1 Å². The summed E-state index contributed by atoms with van der Waals surface area (Å²) in [6.07, 6.45) is 11.0. The molecule has 1 aliphatic carbocycles. The molecule has 9 heteroatoms. The summed E-state index contributed by atoms with van der Waals surface area (Å²) in [4.78, 5) is 28.8. The predicted octanol–water partition coefficient (Wildman–Crippen LogP) is 2.65. The Balaban J connectivity index is 1.51. The van der Waals surface area contributed by atoms with Gasteiger partial charge in [-0.3, -0.25) is 9.59 Å². The van der Waals surface area contributed by atoms with Gasteiger partial charge in [0.05, 0.1) is 7.11 Å². The van der Waals surface area contributed by atoms with Gasteiger partial charge in [0.1, 0.15) is 10.6 Å². The molecule has 0 atom stereocenters. The molecule has 0 radical (unpaired) electrons. The van der Waals surface area contributed by atoms with Crippen LogP contribution in [0.3, 0.4) is 0 Å². The Hall–Kier alpha value is -2.39. The first kappa shape index (κ1) is 25.2. The van der Waals surface area contributed by atoms with Gasteiger partial charge in [0.2, 0.25) is 21.8 Å². The van der Waals surface area contributed by atoms with Crippen LogP contribution in [0.5, 0.6) is 5.75 Å². The van der Waals surface area contributed by atoms with Gasteiger partial charge in [-0.1, -0.05) is 38.2 Å². The molecule has 0 unspecified atom stereocenters. The van der Waals surface area contributed by atoms with Gasteiger partial charge in [-0.2, -0.15) is 0 Å². The molecule has 2 aliphatic rings. The van der Waals surface area contributed by atoms with Gasteiger partial charge in [0.25, 0.3) is 0 Å².